The van der Waals surface area contributed by atoms with Crippen LogP contribution in [0, 0.1) is 17.8 Å². The number of nitrogens with one attached hydrogen (secondary N) is 2. The van der Waals surface area contributed by atoms with Crippen molar-refractivity contribution >= 4 is 11.8 Å². The van der Waals surface area contributed by atoms with Crippen molar-refractivity contribution in [3.8, 4) is 0 Å². The predicted octanol–water partition coefficient (Wildman–Crippen LogP) is 2.14. The van der Waals surface area contributed by atoms with Crippen LogP contribution in [0.3, 0.4) is 0 Å². The lowest BCUT2D eigenvalue weighted by Gasteiger charge is -2.57. The Labute approximate surface area is 113 Å². The molecule has 5 nitrogen and oxygen atoms in total. The van der Waals surface area contributed by atoms with E-state index in [1.165, 1.54) is 38.5 Å². The van der Waals surface area contributed by atoms with E-state index in [0.717, 1.165) is 23.6 Å². The van der Waals surface area contributed by atoms with Gasteiger partial charge in [0.15, 0.2) is 0 Å². The molecule has 4 N–H and O–H groups in total. The van der Waals surface area contributed by atoms with E-state index in [2.05, 4.69) is 20.7 Å². The molecule has 0 unspecified atom stereocenters. The number of rotatable bonds is 3. The standard InChI is InChI=1S/C14H21N5/c15-19-13-16-2-1-12(17-13)18-14-6-9-3-10(7-14)5-11(4-9)8-14/h1-2,9-11H,3-8,15H2,(H2,16,17,18,19). The maximum absolute atomic E-state index is 5.38. The highest BCUT2D eigenvalue weighted by molar-refractivity contribution is 5.42. The third kappa shape index (κ3) is 1.96. The fourth-order valence-electron chi connectivity index (χ4n) is 5.03. The van der Waals surface area contributed by atoms with Gasteiger partial charge in [-0.15, -0.1) is 0 Å². The van der Waals surface area contributed by atoms with E-state index in [9.17, 15) is 0 Å². The Hall–Kier alpha value is -1.36. The van der Waals surface area contributed by atoms with Gasteiger partial charge in [0.2, 0.25) is 5.95 Å². The molecule has 4 fully saturated rings. The van der Waals surface area contributed by atoms with Gasteiger partial charge < -0.3 is 5.32 Å². The fourth-order valence-corrected chi connectivity index (χ4v) is 5.03. The minimum Gasteiger partial charge on any atom is -0.364 e. The molecule has 19 heavy (non-hydrogen) atoms. The fraction of sp³-hybridized carbons (Fsp3) is 0.714. The van der Waals surface area contributed by atoms with Gasteiger partial charge in [0.1, 0.15) is 5.82 Å². The molecule has 4 aliphatic rings. The van der Waals surface area contributed by atoms with Gasteiger partial charge in [-0.3, -0.25) is 5.43 Å². The van der Waals surface area contributed by atoms with Crippen LogP contribution in [0.15, 0.2) is 12.3 Å². The lowest BCUT2D eigenvalue weighted by Crippen LogP contribution is -2.54. The summed E-state index contributed by atoms with van der Waals surface area (Å²) in [6.07, 6.45) is 10.1. The summed E-state index contributed by atoms with van der Waals surface area (Å²) in [5.41, 5.74) is 2.80. The van der Waals surface area contributed by atoms with Crippen molar-refractivity contribution in [3.05, 3.63) is 12.3 Å². The Morgan fingerprint density at radius 3 is 2.32 bits per heavy atom. The molecular formula is C14H21N5. The smallest absolute Gasteiger partial charge is 0.239 e. The monoisotopic (exact) mass is 259 g/mol. The summed E-state index contributed by atoms with van der Waals surface area (Å²) < 4.78 is 0. The maximum atomic E-state index is 5.38. The molecule has 0 aromatic carbocycles. The first-order valence-corrected chi connectivity index (χ1v) is 7.32. The summed E-state index contributed by atoms with van der Waals surface area (Å²) >= 11 is 0. The van der Waals surface area contributed by atoms with Crippen LogP contribution in [-0.2, 0) is 0 Å². The van der Waals surface area contributed by atoms with Crippen LogP contribution in [-0.4, -0.2) is 15.5 Å². The Morgan fingerprint density at radius 2 is 1.74 bits per heavy atom. The number of hydrogen-bond acceptors (Lipinski definition) is 5. The van der Waals surface area contributed by atoms with E-state index in [-0.39, 0.29) is 5.54 Å². The molecule has 0 radical (unpaired) electrons. The van der Waals surface area contributed by atoms with Crippen LogP contribution < -0.4 is 16.6 Å². The zero-order chi connectivity index (χ0) is 12.9. The number of nitrogens with zero attached hydrogens (tertiary/aromatic N) is 2. The van der Waals surface area contributed by atoms with Crippen LogP contribution in [0.5, 0.6) is 0 Å². The molecule has 5 heteroatoms. The molecule has 0 saturated heterocycles. The van der Waals surface area contributed by atoms with Crippen LogP contribution >= 0.6 is 0 Å². The molecule has 4 aliphatic carbocycles. The third-order valence-electron chi connectivity index (χ3n) is 5.22. The number of anilines is 2. The minimum atomic E-state index is 0.287. The minimum absolute atomic E-state index is 0.287. The van der Waals surface area contributed by atoms with Crippen molar-refractivity contribution in [2.45, 2.75) is 44.1 Å². The van der Waals surface area contributed by atoms with E-state index in [1.54, 1.807) is 6.20 Å². The molecule has 0 amide bonds. The molecule has 5 rings (SSSR count). The molecule has 4 saturated carbocycles. The molecule has 0 spiro atoms. The van der Waals surface area contributed by atoms with Gasteiger partial charge in [-0.25, -0.2) is 10.8 Å². The van der Waals surface area contributed by atoms with Crippen molar-refractivity contribution in [2.75, 3.05) is 10.7 Å². The second-order valence-electron chi connectivity index (χ2n) is 6.73. The number of nitrogen functional groups attached to an aromatic ring is 1. The van der Waals surface area contributed by atoms with Crippen molar-refractivity contribution in [3.63, 3.8) is 0 Å². The summed E-state index contributed by atoms with van der Waals surface area (Å²) in [5, 5.41) is 3.71. The number of nitrogens with two attached hydrogens (primary N) is 1. The summed E-state index contributed by atoms with van der Waals surface area (Å²) in [6.45, 7) is 0. The molecule has 1 heterocycles. The normalized spacial score (nSPS) is 39.3. The van der Waals surface area contributed by atoms with Gasteiger partial charge in [0.05, 0.1) is 0 Å². The quantitative estimate of drug-likeness (QED) is 0.573. The van der Waals surface area contributed by atoms with Gasteiger partial charge in [-0.05, 0) is 62.3 Å². The Morgan fingerprint density at radius 1 is 1.11 bits per heavy atom. The van der Waals surface area contributed by atoms with Crippen LogP contribution in [0.25, 0.3) is 0 Å². The zero-order valence-corrected chi connectivity index (χ0v) is 11.1. The number of hydrogen-bond donors (Lipinski definition) is 3. The average Bonchev–Trinajstić information content (AvgIpc) is 2.36. The van der Waals surface area contributed by atoms with Gasteiger partial charge in [0, 0.05) is 11.7 Å². The highest BCUT2D eigenvalue weighted by atomic mass is 15.3. The second-order valence-corrected chi connectivity index (χ2v) is 6.73. The summed E-state index contributed by atoms with van der Waals surface area (Å²) in [5.74, 6) is 9.58. The van der Waals surface area contributed by atoms with Gasteiger partial charge in [-0.2, -0.15) is 4.98 Å². The zero-order valence-electron chi connectivity index (χ0n) is 11.1. The molecular weight excluding hydrogens is 238 g/mol. The molecule has 4 bridgehead atoms. The van der Waals surface area contributed by atoms with Crippen LogP contribution in [0.2, 0.25) is 0 Å². The maximum Gasteiger partial charge on any atom is 0.239 e. The van der Waals surface area contributed by atoms with E-state index in [1.807, 2.05) is 6.07 Å². The van der Waals surface area contributed by atoms with Crippen molar-refractivity contribution < 1.29 is 0 Å². The summed E-state index contributed by atoms with van der Waals surface area (Å²) in [4.78, 5) is 8.47. The Balaban J connectivity index is 1.58. The van der Waals surface area contributed by atoms with Gasteiger partial charge in [-0.1, -0.05) is 0 Å². The average molecular weight is 259 g/mol. The summed E-state index contributed by atoms with van der Waals surface area (Å²) in [6, 6.07) is 1.94. The Bertz CT molecular complexity index is 451. The largest absolute Gasteiger partial charge is 0.364 e. The van der Waals surface area contributed by atoms with Gasteiger partial charge in [0.25, 0.3) is 0 Å². The first kappa shape index (κ1) is 11.5. The molecule has 1 aromatic rings. The predicted molar refractivity (Wildman–Crippen MR) is 74.4 cm³/mol. The molecule has 102 valence electrons. The van der Waals surface area contributed by atoms with E-state index in [4.69, 9.17) is 5.84 Å². The first-order valence-electron chi connectivity index (χ1n) is 7.32. The van der Waals surface area contributed by atoms with Crippen LogP contribution in [0.1, 0.15) is 38.5 Å². The third-order valence-corrected chi connectivity index (χ3v) is 5.22. The first-order chi connectivity index (χ1) is 9.25. The van der Waals surface area contributed by atoms with Crippen molar-refractivity contribution in [1.82, 2.24) is 9.97 Å². The Kier molecular flexibility index (Phi) is 2.45. The highest BCUT2D eigenvalue weighted by Crippen LogP contribution is 2.56. The van der Waals surface area contributed by atoms with Crippen molar-refractivity contribution in [1.29, 1.82) is 0 Å². The molecule has 1 aromatic heterocycles. The number of aromatic nitrogens is 2. The van der Waals surface area contributed by atoms with E-state index >= 15 is 0 Å². The summed E-state index contributed by atoms with van der Waals surface area (Å²) in [7, 11) is 0. The van der Waals surface area contributed by atoms with Gasteiger partial charge >= 0.3 is 0 Å². The lowest BCUT2D eigenvalue weighted by atomic mass is 9.53. The van der Waals surface area contributed by atoms with E-state index < -0.39 is 0 Å². The molecule has 0 aliphatic heterocycles. The topological polar surface area (TPSA) is 75.9 Å². The highest BCUT2D eigenvalue weighted by Gasteiger charge is 2.51. The SMILES string of the molecule is NNc1nccc(NC23CC4CC(CC(C4)C2)C3)n1. The van der Waals surface area contributed by atoms with Crippen LogP contribution in [0.4, 0.5) is 11.8 Å². The van der Waals surface area contributed by atoms with Crippen molar-refractivity contribution in [2.24, 2.45) is 23.6 Å². The number of hydrazine groups is 1. The molecule has 0 atom stereocenters. The second kappa shape index (κ2) is 4.07. The van der Waals surface area contributed by atoms with E-state index in [0.29, 0.717) is 5.95 Å². The lowest BCUT2D eigenvalue weighted by molar-refractivity contribution is 0.0105.